The Labute approximate surface area is 137 Å². The number of ketones is 1. The molecule has 2 aliphatic rings. The number of hydrogen-bond donors (Lipinski definition) is 2. The molecular formula is C16H18N4O4. The van der Waals surface area contributed by atoms with E-state index in [1.54, 1.807) is 4.90 Å². The van der Waals surface area contributed by atoms with E-state index in [1.165, 1.54) is 6.26 Å². The number of carbonyl (C=O) groups is 2. The van der Waals surface area contributed by atoms with Crippen LogP contribution in [0.4, 0.5) is 0 Å². The van der Waals surface area contributed by atoms with Crippen LogP contribution in [0.1, 0.15) is 70.4 Å². The Morgan fingerprint density at radius 2 is 2.12 bits per heavy atom. The molecule has 0 spiro atoms. The van der Waals surface area contributed by atoms with Gasteiger partial charge in [-0.2, -0.15) is 5.10 Å². The summed E-state index contributed by atoms with van der Waals surface area (Å²) in [6, 6.07) is -0.297. The van der Waals surface area contributed by atoms with Crippen LogP contribution in [0.2, 0.25) is 0 Å². The number of carbonyl (C=O) groups excluding carboxylic acids is 2. The number of H-pyrrole nitrogens is 2. The molecule has 1 fully saturated rings. The first-order valence-electron chi connectivity index (χ1n) is 8.24. The number of furan rings is 1. The van der Waals surface area contributed by atoms with Gasteiger partial charge in [-0.25, -0.2) is 9.89 Å². The number of amides is 1. The SMILES string of the molecule is O=C1CCCc2occ(C(=O)N3CCCC[C@H]3c3n[nH]c(=O)[nH]3)c21. The number of Topliss-reactive ketones (excluding diaryl/α,β-unsaturated/α-hetero) is 1. The van der Waals surface area contributed by atoms with E-state index in [4.69, 9.17) is 4.42 Å². The maximum Gasteiger partial charge on any atom is 0.340 e. The number of fused-ring (bicyclic) bond motifs is 1. The predicted molar refractivity (Wildman–Crippen MR) is 82.8 cm³/mol. The van der Waals surface area contributed by atoms with Crippen molar-refractivity contribution in [2.24, 2.45) is 0 Å². The normalized spacial score (nSPS) is 20.9. The zero-order valence-corrected chi connectivity index (χ0v) is 13.1. The number of aromatic nitrogens is 3. The molecule has 24 heavy (non-hydrogen) atoms. The summed E-state index contributed by atoms with van der Waals surface area (Å²) in [4.78, 5) is 40.9. The second-order valence-electron chi connectivity index (χ2n) is 6.30. The fourth-order valence-electron chi connectivity index (χ4n) is 3.63. The summed E-state index contributed by atoms with van der Waals surface area (Å²) in [6.45, 7) is 0.562. The number of aromatic amines is 2. The van der Waals surface area contributed by atoms with Crippen molar-refractivity contribution in [3.05, 3.63) is 39.5 Å². The summed E-state index contributed by atoms with van der Waals surface area (Å²) < 4.78 is 5.47. The first kappa shape index (κ1) is 14.9. The van der Waals surface area contributed by atoms with Gasteiger partial charge in [-0.3, -0.25) is 14.6 Å². The molecule has 1 atom stereocenters. The predicted octanol–water partition coefficient (Wildman–Crippen LogP) is 1.58. The molecule has 3 heterocycles. The zero-order valence-electron chi connectivity index (χ0n) is 13.1. The van der Waals surface area contributed by atoms with Gasteiger partial charge in [0.2, 0.25) is 0 Å². The van der Waals surface area contributed by atoms with Crippen LogP contribution in [0.5, 0.6) is 0 Å². The highest BCUT2D eigenvalue weighted by atomic mass is 16.3. The highest BCUT2D eigenvalue weighted by Crippen LogP contribution is 2.33. The lowest BCUT2D eigenvalue weighted by Crippen LogP contribution is -2.39. The lowest BCUT2D eigenvalue weighted by Gasteiger charge is -2.34. The minimum Gasteiger partial charge on any atom is -0.468 e. The van der Waals surface area contributed by atoms with Crippen LogP contribution in [0, 0.1) is 0 Å². The molecule has 0 saturated carbocycles. The van der Waals surface area contributed by atoms with E-state index in [1.807, 2.05) is 0 Å². The third-order valence-corrected chi connectivity index (χ3v) is 4.78. The molecule has 1 amide bonds. The van der Waals surface area contributed by atoms with Gasteiger partial charge in [-0.15, -0.1) is 0 Å². The standard InChI is InChI=1S/C16H18N4O4/c21-11-5-3-6-12-13(11)9(8-24-12)15(22)20-7-2-1-4-10(20)14-17-16(23)19-18-14/h8,10H,1-7H2,(H2,17,18,19,23)/t10-/m0/s1. The molecule has 4 rings (SSSR count). The topological polar surface area (TPSA) is 112 Å². The quantitative estimate of drug-likeness (QED) is 0.868. The number of nitrogens with zero attached hydrogens (tertiary/aromatic N) is 2. The fourth-order valence-corrected chi connectivity index (χ4v) is 3.63. The van der Waals surface area contributed by atoms with Crippen molar-refractivity contribution in [2.75, 3.05) is 6.54 Å². The zero-order chi connectivity index (χ0) is 16.7. The average Bonchev–Trinajstić information content (AvgIpc) is 3.21. The minimum absolute atomic E-state index is 0.0323. The van der Waals surface area contributed by atoms with Crippen LogP contribution in [0.25, 0.3) is 0 Å². The third kappa shape index (κ3) is 2.38. The molecule has 1 saturated heterocycles. The monoisotopic (exact) mass is 330 g/mol. The van der Waals surface area contributed by atoms with Crippen molar-refractivity contribution in [3.63, 3.8) is 0 Å². The summed E-state index contributed by atoms with van der Waals surface area (Å²) in [5, 5.41) is 6.32. The van der Waals surface area contributed by atoms with E-state index in [0.29, 0.717) is 42.1 Å². The van der Waals surface area contributed by atoms with Gasteiger partial charge in [0.25, 0.3) is 5.91 Å². The summed E-state index contributed by atoms with van der Waals surface area (Å²) >= 11 is 0. The highest BCUT2D eigenvalue weighted by molar-refractivity contribution is 6.09. The van der Waals surface area contributed by atoms with Crippen LogP contribution in [-0.4, -0.2) is 38.3 Å². The number of aryl methyl sites for hydroxylation is 1. The number of nitrogens with one attached hydrogen (secondary N) is 2. The van der Waals surface area contributed by atoms with E-state index >= 15 is 0 Å². The molecule has 8 heteroatoms. The smallest absolute Gasteiger partial charge is 0.340 e. The lowest BCUT2D eigenvalue weighted by molar-refractivity contribution is 0.0596. The Bertz CT molecular complexity index is 846. The van der Waals surface area contributed by atoms with Crippen molar-refractivity contribution in [1.82, 2.24) is 20.1 Å². The second-order valence-corrected chi connectivity index (χ2v) is 6.30. The van der Waals surface area contributed by atoms with Crippen LogP contribution in [0.3, 0.4) is 0 Å². The molecule has 126 valence electrons. The van der Waals surface area contributed by atoms with Gasteiger partial charge in [0.1, 0.15) is 12.0 Å². The Balaban J connectivity index is 1.69. The van der Waals surface area contributed by atoms with Crippen molar-refractivity contribution in [2.45, 2.75) is 44.6 Å². The number of piperidine rings is 1. The summed E-state index contributed by atoms with van der Waals surface area (Å²) in [7, 11) is 0. The third-order valence-electron chi connectivity index (χ3n) is 4.78. The minimum atomic E-state index is -0.390. The molecule has 8 nitrogen and oxygen atoms in total. The van der Waals surface area contributed by atoms with Gasteiger partial charge in [0, 0.05) is 19.4 Å². The molecule has 1 aliphatic carbocycles. The molecule has 2 aromatic heterocycles. The van der Waals surface area contributed by atoms with Gasteiger partial charge in [-0.1, -0.05) is 0 Å². The molecule has 0 aromatic carbocycles. The molecule has 2 aromatic rings. The van der Waals surface area contributed by atoms with Gasteiger partial charge in [-0.05, 0) is 25.7 Å². The van der Waals surface area contributed by atoms with Gasteiger partial charge in [0.05, 0.1) is 17.2 Å². The van der Waals surface area contributed by atoms with E-state index in [0.717, 1.165) is 25.7 Å². The van der Waals surface area contributed by atoms with Crippen molar-refractivity contribution in [1.29, 1.82) is 0 Å². The summed E-state index contributed by atoms with van der Waals surface area (Å²) in [5.41, 5.74) is 0.379. The van der Waals surface area contributed by atoms with Crippen molar-refractivity contribution >= 4 is 11.7 Å². The first-order chi connectivity index (χ1) is 11.6. The number of likely N-dealkylation sites (tertiary alicyclic amines) is 1. The van der Waals surface area contributed by atoms with E-state index in [2.05, 4.69) is 15.2 Å². The van der Waals surface area contributed by atoms with Gasteiger partial charge >= 0.3 is 5.69 Å². The maximum atomic E-state index is 13.1. The summed E-state index contributed by atoms with van der Waals surface area (Å²) in [5.74, 6) is 0.798. The van der Waals surface area contributed by atoms with E-state index in [9.17, 15) is 14.4 Å². The molecule has 0 unspecified atom stereocenters. The Morgan fingerprint density at radius 3 is 2.92 bits per heavy atom. The van der Waals surface area contributed by atoms with Gasteiger partial charge < -0.3 is 9.32 Å². The average molecular weight is 330 g/mol. The first-order valence-corrected chi connectivity index (χ1v) is 8.24. The fraction of sp³-hybridized carbons (Fsp3) is 0.500. The Kier molecular flexibility index (Phi) is 3.59. The highest BCUT2D eigenvalue weighted by Gasteiger charge is 2.35. The number of hydrogen-bond acceptors (Lipinski definition) is 5. The number of rotatable bonds is 2. The van der Waals surface area contributed by atoms with Crippen molar-refractivity contribution < 1.29 is 14.0 Å². The lowest BCUT2D eigenvalue weighted by atomic mass is 9.93. The Morgan fingerprint density at radius 1 is 1.25 bits per heavy atom. The molecule has 2 N–H and O–H groups in total. The van der Waals surface area contributed by atoms with Crippen LogP contribution >= 0.6 is 0 Å². The van der Waals surface area contributed by atoms with E-state index < -0.39 is 0 Å². The molecular weight excluding hydrogens is 312 g/mol. The molecule has 0 radical (unpaired) electrons. The second kappa shape index (κ2) is 5.77. The van der Waals surface area contributed by atoms with Crippen LogP contribution < -0.4 is 5.69 Å². The van der Waals surface area contributed by atoms with E-state index in [-0.39, 0.29) is 23.4 Å². The van der Waals surface area contributed by atoms with Crippen LogP contribution in [0.15, 0.2) is 15.5 Å². The Hall–Kier alpha value is -2.64. The maximum absolute atomic E-state index is 13.1. The van der Waals surface area contributed by atoms with Crippen molar-refractivity contribution in [3.8, 4) is 0 Å². The summed E-state index contributed by atoms with van der Waals surface area (Å²) in [6.07, 6.45) is 5.84. The largest absolute Gasteiger partial charge is 0.468 e. The van der Waals surface area contributed by atoms with Crippen LogP contribution in [-0.2, 0) is 6.42 Å². The van der Waals surface area contributed by atoms with Gasteiger partial charge in [0.15, 0.2) is 11.6 Å². The molecule has 1 aliphatic heterocycles. The molecule has 0 bridgehead atoms.